The zero-order chi connectivity index (χ0) is 15.1. The lowest BCUT2D eigenvalue weighted by molar-refractivity contribution is 0.182. The molecule has 0 saturated heterocycles. The Morgan fingerprint density at radius 2 is 1.73 bits per heavy atom. The molecule has 1 aliphatic rings. The summed E-state index contributed by atoms with van der Waals surface area (Å²) < 4.78 is 11.5. The highest BCUT2D eigenvalue weighted by atomic mass is 16.5. The summed E-state index contributed by atoms with van der Waals surface area (Å²) >= 11 is 0. The van der Waals surface area contributed by atoms with E-state index in [0.717, 1.165) is 17.4 Å². The monoisotopic (exact) mass is 292 g/mol. The molecule has 0 aliphatic carbocycles. The number of rotatable bonds is 1. The van der Waals surface area contributed by atoms with E-state index in [-0.39, 0.29) is 17.6 Å². The van der Waals surface area contributed by atoms with Crippen LogP contribution in [0.1, 0.15) is 30.4 Å². The summed E-state index contributed by atoms with van der Waals surface area (Å²) in [5.74, 6) is 0.695. The van der Waals surface area contributed by atoms with Crippen molar-refractivity contribution >= 4 is 11.0 Å². The van der Waals surface area contributed by atoms with Crippen LogP contribution in [-0.2, 0) is 0 Å². The topological polar surface area (TPSA) is 39.4 Å². The Labute approximate surface area is 128 Å². The van der Waals surface area contributed by atoms with Crippen molar-refractivity contribution in [3.8, 4) is 5.75 Å². The first kappa shape index (κ1) is 13.1. The van der Waals surface area contributed by atoms with Gasteiger partial charge in [-0.1, -0.05) is 42.5 Å². The van der Waals surface area contributed by atoms with E-state index >= 15 is 0 Å². The Morgan fingerprint density at radius 3 is 2.55 bits per heavy atom. The molecule has 0 bridgehead atoms. The van der Waals surface area contributed by atoms with E-state index in [1.807, 2.05) is 43.3 Å². The predicted octanol–water partition coefficient (Wildman–Crippen LogP) is 4.10. The molecule has 2 heterocycles. The smallest absolute Gasteiger partial charge is 0.343 e. The van der Waals surface area contributed by atoms with Crippen molar-refractivity contribution in [2.45, 2.75) is 25.4 Å². The molecule has 4 rings (SSSR count). The average molecular weight is 292 g/mol. The van der Waals surface area contributed by atoms with E-state index < -0.39 is 0 Å². The average Bonchev–Trinajstić information content (AvgIpc) is 2.55. The van der Waals surface area contributed by atoms with Crippen molar-refractivity contribution < 1.29 is 9.15 Å². The fourth-order valence-electron chi connectivity index (χ4n) is 3.25. The number of fused-ring (bicyclic) bond motifs is 3. The van der Waals surface area contributed by atoms with Crippen molar-refractivity contribution in [1.29, 1.82) is 0 Å². The Kier molecular flexibility index (Phi) is 3.00. The van der Waals surface area contributed by atoms with Crippen LogP contribution in [0.5, 0.6) is 5.75 Å². The standard InChI is InChI=1S/C19H16O3/c1-12-11-15(13-7-3-2-4-8-13)17-18(21-12)14-9-5-6-10-16(14)22-19(17)20/h2-10,12,15H,11H2,1H3/t12-,15+/m0/s1. The molecule has 0 N–H and O–H groups in total. The van der Waals surface area contributed by atoms with Crippen LogP contribution in [0.25, 0.3) is 11.0 Å². The minimum absolute atomic E-state index is 0.0146. The quantitative estimate of drug-likeness (QED) is 0.634. The number of benzene rings is 2. The van der Waals surface area contributed by atoms with Crippen LogP contribution in [-0.4, -0.2) is 6.10 Å². The van der Waals surface area contributed by atoms with Gasteiger partial charge in [0.1, 0.15) is 11.3 Å². The molecular weight excluding hydrogens is 276 g/mol. The molecule has 0 spiro atoms. The van der Waals surface area contributed by atoms with Crippen LogP contribution < -0.4 is 10.4 Å². The minimum atomic E-state index is -0.297. The van der Waals surface area contributed by atoms with Crippen molar-refractivity contribution in [1.82, 2.24) is 0 Å². The van der Waals surface area contributed by atoms with Crippen LogP contribution in [0, 0.1) is 0 Å². The fourth-order valence-corrected chi connectivity index (χ4v) is 3.25. The lowest BCUT2D eigenvalue weighted by Gasteiger charge is -2.30. The summed E-state index contributed by atoms with van der Waals surface area (Å²) in [7, 11) is 0. The molecule has 110 valence electrons. The molecule has 3 heteroatoms. The van der Waals surface area contributed by atoms with Crippen LogP contribution >= 0.6 is 0 Å². The van der Waals surface area contributed by atoms with Gasteiger partial charge in [-0.2, -0.15) is 0 Å². The van der Waals surface area contributed by atoms with E-state index in [4.69, 9.17) is 9.15 Å². The van der Waals surface area contributed by atoms with Crippen molar-refractivity contribution in [2.24, 2.45) is 0 Å². The molecule has 0 radical (unpaired) electrons. The summed E-state index contributed by atoms with van der Waals surface area (Å²) in [5, 5.41) is 0.865. The van der Waals surface area contributed by atoms with Gasteiger partial charge in [-0.05, 0) is 31.0 Å². The summed E-state index contributed by atoms with van der Waals surface area (Å²) in [6, 6.07) is 17.6. The van der Waals surface area contributed by atoms with E-state index in [9.17, 15) is 4.79 Å². The van der Waals surface area contributed by atoms with Crippen LogP contribution in [0.3, 0.4) is 0 Å². The highest BCUT2D eigenvalue weighted by molar-refractivity contribution is 5.85. The zero-order valence-corrected chi connectivity index (χ0v) is 12.3. The lowest BCUT2D eigenvalue weighted by Crippen LogP contribution is -2.28. The van der Waals surface area contributed by atoms with Gasteiger partial charge < -0.3 is 9.15 Å². The van der Waals surface area contributed by atoms with Crippen molar-refractivity contribution in [2.75, 3.05) is 0 Å². The second-order valence-electron chi connectivity index (χ2n) is 5.76. The molecule has 22 heavy (non-hydrogen) atoms. The van der Waals surface area contributed by atoms with E-state index in [0.29, 0.717) is 16.9 Å². The van der Waals surface area contributed by atoms with E-state index in [1.165, 1.54) is 0 Å². The maximum absolute atomic E-state index is 12.5. The van der Waals surface area contributed by atoms with Crippen LogP contribution in [0.15, 0.2) is 63.8 Å². The molecule has 3 nitrogen and oxygen atoms in total. The van der Waals surface area contributed by atoms with Gasteiger partial charge in [-0.15, -0.1) is 0 Å². The maximum atomic E-state index is 12.5. The van der Waals surface area contributed by atoms with Crippen LogP contribution in [0.4, 0.5) is 0 Å². The Morgan fingerprint density at radius 1 is 1.00 bits per heavy atom. The predicted molar refractivity (Wildman–Crippen MR) is 85.5 cm³/mol. The molecule has 0 saturated carbocycles. The van der Waals surface area contributed by atoms with Crippen LogP contribution in [0.2, 0.25) is 0 Å². The molecule has 0 amide bonds. The normalized spacial score (nSPS) is 20.4. The van der Waals surface area contributed by atoms with Gasteiger partial charge in [-0.3, -0.25) is 0 Å². The Balaban J connectivity index is 2.01. The minimum Gasteiger partial charge on any atom is -0.489 e. The first-order valence-electron chi connectivity index (χ1n) is 7.51. The molecule has 2 aromatic carbocycles. The SMILES string of the molecule is C[C@H]1C[C@H](c2ccccc2)c2c(c3ccccc3oc2=O)O1. The molecule has 3 aromatic rings. The van der Waals surface area contributed by atoms with Gasteiger partial charge in [0.15, 0.2) is 0 Å². The van der Waals surface area contributed by atoms with Crippen molar-refractivity contribution in [3.63, 3.8) is 0 Å². The third-order valence-corrected chi connectivity index (χ3v) is 4.24. The summed E-state index contributed by atoms with van der Waals surface area (Å²) in [5.41, 5.74) is 2.05. The fraction of sp³-hybridized carbons (Fsp3) is 0.211. The van der Waals surface area contributed by atoms with Gasteiger partial charge in [0.2, 0.25) is 0 Å². The lowest BCUT2D eigenvalue weighted by atomic mass is 9.85. The zero-order valence-electron chi connectivity index (χ0n) is 12.3. The Hall–Kier alpha value is -2.55. The second-order valence-corrected chi connectivity index (χ2v) is 5.76. The first-order valence-corrected chi connectivity index (χ1v) is 7.51. The summed E-state index contributed by atoms with van der Waals surface area (Å²) in [4.78, 5) is 12.5. The third-order valence-electron chi connectivity index (χ3n) is 4.24. The van der Waals surface area contributed by atoms with E-state index in [2.05, 4.69) is 12.1 Å². The molecule has 2 atom stereocenters. The van der Waals surface area contributed by atoms with Gasteiger partial charge in [-0.25, -0.2) is 4.79 Å². The van der Waals surface area contributed by atoms with Gasteiger partial charge in [0.25, 0.3) is 0 Å². The third kappa shape index (κ3) is 2.01. The highest BCUT2D eigenvalue weighted by Crippen LogP contribution is 2.41. The van der Waals surface area contributed by atoms with Gasteiger partial charge in [0, 0.05) is 5.92 Å². The molecule has 1 aromatic heterocycles. The van der Waals surface area contributed by atoms with Crippen molar-refractivity contribution in [3.05, 3.63) is 76.1 Å². The maximum Gasteiger partial charge on any atom is 0.343 e. The van der Waals surface area contributed by atoms with E-state index in [1.54, 1.807) is 6.07 Å². The van der Waals surface area contributed by atoms with Gasteiger partial charge >= 0.3 is 5.63 Å². The number of hydrogen-bond acceptors (Lipinski definition) is 3. The summed E-state index contributed by atoms with van der Waals surface area (Å²) in [6.07, 6.45) is 0.836. The number of para-hydroxylation sites is 1. The largest absolute Gasteiger partial charge is 0.489 e. The molecular formula is C19H16O3. The molecule has 1 aliphatic heterocycles. The number of hydrogen-bond donors (Lipinski definition) is 0. The van der Waals surface area contributed by atoms with Gasteiger partial charge in [0.05, 0.1) is 17.1 Å². The molecule has 0 fully saturated rings. The molecule has 0 unspecified atom stereocenters. The first-order chi connectivity index (χ1) is 10.7. The Bertz CT molecular complexity index is 880. The number of ether oxygens (including phenoxy) is 1. The summed E-state index contributed by atoms with van der Waals surface area (Å²) in [6.45, 7) is 2.04. The second kappa shape index (κ2) is 5.02. The highest BCUT2D eigenvalue weighted by Gasteiger charge is 2.32.